The Morgan fingerprint density at radius 3 is 2.88 bits per heavy atom. The van der Waals surface area contributed by atoms with Crippen LogP contribution >= 0.6 is 12.6 Å². The third-order valence-electron chi connectivity index (χ3n) is 0.537. The van der Waals surface area contributed by atoms with Crippen molar-refractivity contribution in [1.29, 1.82) is 0 Å². The number of carbonyl (C=O) groups is 1. The van der Waals surface area contributed by atoms with Crippen LogP contribution in [0, 0.1) is 0 Å². The van der Waals surface area contributed by atoms with Crippen molar-refractivity contribution in [3.63, 3.8) is 0 Å². The van der Waals surface area contributed by atoms with Crippen LogP contribution in [-0.4, -0.2) is 11.9 Å². The Morgan fingerprint density at radius 1 is 1.88 bits per heavy atom. The van der Waals surface area contributed by atoms with Crippen LogP contribution in [0.25, 0.3) is 0 Å². The van der Waals surface area contributed by atoms with Crippen molar-refractivity contribution in [1.82, 2.24) is 0 Å². The fraction of sp³-hybridized carbons (Fsp3) is 0.400. The van der Waals surface area contributed by atoms with Crippen LogP contribution in [0.2, 0.25) is 0 Å². The van der Waals surface area contributed by atoms with Crippen molar-refractivity contribution in [3.8, 4) is 0 Å². The molecule has 0 fully saturated rings. The molecule has 0 aromatic heterocycles. The normalized spacial score (nSPS) is 8.12. The highest BCUT2D eigenvalue weighted by Crippen LogP contribution is 1.86. The summed E-state index contributed by atoms with van der Waals surface area (Å²) in [4.78, 5) is 10.3. The standard InChI is InChI=1S/C5H8O2S/c1-2-3-5(6)7-4-8/h2,8H,1,3-4H2. The maximum Gasteiger partial charge on any atom is 0.310 e. The van der Waals surface area contributed by atoms with Crippen molar-refractivity contribution in [3.05, 3.63) is 12.7 Å². The lowest BCUT2D eigenvalue weighted by atomic mass is 10.4. The Bertz CT molecular complexity index is 90.4. The lowest BCUT2D eigenvalue weighted by Crippen LogP contribution is -1.99. The molecule has 0 aromatic rings. The molecule has 0 rings (SSSR count). The lowest BCUT2D eigenvalue weighted by Gasteiger charge is -1.94. The Labute approximate surface area is 53.9 Å². The summed E-state index contributed by atoms with van der Waals surface area (Å²) in [5.41, 5.74) is 0. The van der Waals surface area contributed by atoms with Gasteiger partial charge in [0.25, 0.3) is 0 Å². The summed E-state index contributed by atoms with van der Waals surface area (Å²) in [7, 11) is 0. The molecule has 0 N–H and O–H groups in total. The van der Waals surface area contributed by atoms with Gasteiger partial charge in [-0.3, -0.25) is 4.79 Å². The SMILES string of the molecule is C=CCC(=O)OCS. The van der Waals surface area contributed by atoms with Crippen LogP contribution in [0.3, 0.4) is 0 Å². The van der Waals surface area contributed by atoms with E-state index < -0.39 is 0 Å². The van der Waals surface area contributed by atoms with Gasteiger partial charge in [0.05, 0.1) is 6.42 Å². The zero-order chi connectivity index (χ0) is 6.41. The lowest BCUT2D eigenvalue weighted by molar-refractivity contribution is -0.140. The van der Waals surface area contributed by atoms with E-state index in [-0.39, 0.29) is 18.3 Å². The molecule has 0 spiro atoms. The molecule has 0 saturated carbocycles. The fourth-order valence-electron chi connectivity index (χ4n) is 0.249. The Balaban J connectivity index is 3.18. The second kappa shape index (κ2) is 4.71. The Morgan fingerprint density at radius 2 is 2.50 bits per heavy atom. The van der Waals surface area contributed by atoms with Crippen molar-refractivity contribution >= 4 is 18.6 Å². The molecule has 0 saturated heterocycles. The first kappa shape index (κ1) is 7.56. The first-order valence-electron chi connectivity index (χ1n) is 2.18. The molecule has 0 aliphatic carbocycles. The van der Waals surface area contributed by atoms with Crippen molar-refractivity contribution in [2.45, 2.75) is 6.42 Å². The van der Waals surface area contributed by atoms with Crippen LogP contribution in [0.5, 0.6) is 0 Å². The van der Waals surface area contributed by atoms with E-state index in [0.29, 0.717) is 0 Å². The van der Waals surface area contributed by atoms with Gasteiger partial charge in [-0.15, -0.1) is 19.2 Å². The van der Waals surface area contributed by atoms with Gasteiger partial charge in [0.15, 0.2) is 0 Å². The average molecular weight is 132 g/mol. The summed E-state index contributed by atoms with van der Waals surface area (Å²) in [6.07, 6.45) is 1.76. The smallest absolute Gasteiger partial charge is 0.310 e. The van der Waals surface area contributed by atoms with Crippen molar-refractivity contribution in [2.24, 2.45) is 0 Å². The molecule has 0 bridgehead atoms. The van der Waals surface area contributed by atoms with Gasteiger partial charge in [-0.05, 0) is 0 Å². The van der Waals surface area contributed by atoms with E-state index in [2.05, 4.69) is 23.9 Å². The Hall–Kier alpha value is -0.440. The topological polar surface area (TPSA) is 26.3 Å². The van der Waals surface area contributed by atoms with E-state index in [4.69, 9.17) is 0 Å². The largest absolute Gasteiger partial charge is 0.455 e. The fourth-order valence-corrected chi connectivity index (χ4v) is 0.393. The highest BCUT2D eigenvalue weighted by Gasteiger charge is 1.93. The van der Waals surface area contributed by atoms with Gasteiger partial charge in [0.1, 0.15) is 5.94 Å². The number of rotatable bonds is 3. The van der Waals surface area contributed by atoms with Crippen molar-refractivity contribution < 1.29 is 9.53 Å². The molecule has 0 unspecified atom stereocenters. The minimum absolute atomic E-state index is 0.146. The van der Waals surface area contributed by atoms with E-state index in [1.54, 1.807) is 0 Å². The van der Waals surface area contributed by atoms with Gasteiger partial charge in [-0.25, -0.2) is 0 Å². The van der Waals surface area contributed by atoms with Gasteiger partial charge in [-0.1, -0.05) is 6.08 Å². The maximum absolute atomic E-state index is 10.3. The molecule has 0 heterocycles. The second-order valence-corrected chi connectivity index (χ2v) is 1.40. The predicted molar refractivity (Wildman–Crippen MR) is 34.8 cm³/mol. The van der Waals surface area contributed by atoms with Crippen LogP contribution in [0.4, 0.5) is 0 Å². The zero-order valence-electron chi connectivity index (χ0n) is 4.46. The molecule has 0 aliphatic heterocycles. The maximum atomic E-state index is 10.3. The van der Waals surface area contributed by atoms with Crippen LogP contribution in [-0.2, 0) is 9.53 Å². The number of carbonyl (C=O) groups excluding carboxylic acids is 1. The molecule has 0 atom stereocenters. The van der Waals surface area contributed by atoms with Gasteiger partial charge >= 0.3 is 5.97 Å². The molecule has 8 heavy (non-hydrogen) atoms. The molecule has 0 aliphatic rings. The van der Waals surface area contributed by atoms with Crippen molar-refractivity contribution in [2.75, 3.05) is 5.94 Å². The van der Waals surface area contributed by atoms with Crippen LogP contribution < -0.4 is 0 Å². The summed E-state index contributed by atoms with van der Waals surface area (Å²) >= 11 is 3.68. The van der Waals surface area contributed by atoms with E-state index in [9.17, 15) is 4.79 Å². The monoisotopic (exact) mass is 132 g/mol. The van der Waals surface area contributed by atoms with Crippen LogP contribution in [0.1, 0.15) is 6.42 Å². The molecule has 0 amide bonds. The first-order chi connectivity index (χ1) is 3.81. The number of ether oxygens (including phenoxy) is 1. The summed E-state index contributed by atoms with van der Waals surface area (Å²) in [6.45, 7) is 3.36. The molecular formula is C5H8O2S. The quantitative estimate of drug-likeness (QED) is 0.268. The average Bonchev–Trinajstić information content (AvgIpc) is 1.68. The summed E-state index contributed by atoms with van der Waals surface area (Å²) < 4.78 is 4.44. The van der Waals surface area contributed by atoms with E-state index in [1.807, 2.05) is 0 Å². The highest BCUT2D eigenvalue weighted by atomic mass is 32.1. The second-order valence-electron chi connectivity index (χ2n) is 1.14. The molecule has 46 valence electrons. The van der Waals surface area contributed by atoms with Gasteiger partial charge in [0.2, 0.25) is 0 Å². The predicted octanol–water partition coefficient (Wildman–Crippen LogP) is 0.993. The summed E-state index contributed by atoms with van der Waals surface area (Å²) in [5, 5.41) is 0. The minimum Gasteiger partial charge on any atom is -0.455 e. The van der Waals surface area contributed by atoms with E-state index in [0.717, 1.165) is 0 Å². The number of hydrogen-bond acceptors (Lipinski definition) is 3. The van der Waals surface area contributed by atoms with Gasteiger partial charge < -0.3 is 4.74 Å². The summed E-state index contributed by atoms with van der Waals surface area (Å²) in [6, 6.07) is 0. The third-order valence-corrected chi connectivity index (χ3v) is 0.666. The van der Waals surface area contributed by atoms with E-state index in [1.165, 1.54) is 6.08 Å². The number of thiol groups is 1. The zero-order valence-corrected chi connectivity index (χ0v) is 5.36. The third kappa shape index (κ3) is 3.74. The van der Waals surface area contributed by atoms with Gasteiger partial charge in [0, 0.05) is 0 Å². The Kier molecular flexibility index (Phi) is 4.45. The highest BCUT2D eigenvalue weighted by molar-refractivity contribution is 7.80. The van der Waals surface area contributed by atoms with Crippen LogP contribution in [0.15, 0.2) is 12.7 Å². The number of esters is 1. The van der Waals surface area contributed by atoms with E-state index >= 15 is 0 Å². The first-order valence-corrected chi connectivity index (χ1v) is 2.82. The molecule has 2 nitrogen and oxygen atoms in total. The number of hydrogen-bond donors (Lipinski definition) is 1. The molecule has 3 heteroatoms. The van der Waals surface area contributed by atoms with Gasteiger partial charge in [-0.2, -0.15) is 0 Å². The molecule has 0 aromatic carbocycles. The molecular weight excluding hydrogens is 124 g/mol. The molecule has 0 radical (unpaired) electrons. The summed E-state index contributed by atoms with van der Waals surface area (Å²) in [5.74, 6) is -0.137. The minimum atomic E-state index is -0.282.